The molecule has 1 heterocycles. The molecule has 0 fully saturated rings. The fourth-order valence-corrected chi connectivity index (χ4v) is 5.44. The summed E-state index contributed by atoms with van der Waals surface area (Å²) in [5.41, 5.74) is 0.812. The number of nitrogens with zero attached hydrogens (tertiary/aromatic N) is 1. The molecule has 1 N–H and O–H groups in total. The van der Waals surface area contributed by atoms with E-state index in [4.69, 9.17) is 116 Å². The summed E-state index contributed by atoms with van der Waals surface area (Å²) in [5.74, 6) is -1.11. The van der Waals surface area contributed by atoms with Gasteiger partial charge in [0.15, 0.2) is 0 Å². The molecule has 0 saturated carbocycles. The fraction of sp³-hybridized carbons (Fsp3) is 0.0526. The van der Waals surface area contributed by atoms with Gasteiger partial charge in [-0.15, -0.1) is 0 Å². The lowest BCUT2D eigenvalue weighted by Crippen LogP contribution is -2.03. The highest BCUT2D eigenvalue weighted by Crippen LogP contribution is 2.50. The molecule has 0 aliphatic carbocycles. The minimum atomic E-state index is -1.11. The molecule has 0 aliphatic heterocycles. The Morgan fingerprint density at radius 2 is 0.875 bits per heavy atom. The van der Waals surface area contributed by atoms with Gasteiger partial charge in [-0.1, -0.05) is 116 Å². The smallest absolute Gasteiger partial charge is 0.307 e. The lowest BCUT2D eigenvalue weighted by molar-refractivity contribution is -0.136. The first-order chi connectivity index (χ1) is 14.9. The van der Waals surface area contributed by atoms with Crippen LogP contribution < -0.4 is 0 Å². The zero-order valence-electron chi connectivity index (χ0n) is 14.9. The Hall–Kier alpha value is -0.0400. The summed E-state index contributed by atoms with van der Waals surface area (Å²) in [6, 6.07) is 2.90. The summed E-state index contributed by atoms with van der Waals surface area (Å²) in [6.07, 6.45) is -0.378. The van der Waals surface area contributed by atoms with Gasteiger partial charge in [-0.25, -0.2) is 4.98 Å². The van der Waals surface area contributed by atoms with Gasteiger partial charge in [0, 0.05) is 11.1 Å². The van der Waals surface area contributed by atoms with Crippen LogP contribution in [0, 0.1) is 0 Å². The molecular formula is C19H5Cl10NO2. The predicted molar refractivity (Wildman–Crippen MR) is 137 cm³/mol. The van der Waals surface area contributed by atoms with Gasteiger partial charge in [0.2, 0.25) is 0 Å². The van der Waals surface area contributed by atoms with E-state index in [0.29, 0.717) is 5.56 Å². The van der Waals surface area contributed by atoms with Gasteiger partial charge < -0.3 is 5.11 Å². The molecule has 0 saturated heterocycles. The molecule has 1 aromatic heterocycles. The number of carbonyl (C=O) groups is 1. The third kappa shape index (κ3) is 4.85. The number of aromatic nitrogens is 1. The molecule has 0 spiro atoms. The number of pyridine rings is 1. The molecule has 3 aromatic rings. The largest absolute Gasteiger partial charge is 0.481 e. The molecule has 32 heavy (non-hydrogen) atoms. The van der Waals surface area contributed by atoms with Crippen molar-refractivity contribution < 1.29 is 9.90 Å². The van der Waals surface area contributed by atoms with Crippen LogP contribution in [-0.4, -0.2) is 16.1 Å². The van der Waals surface area contributed by atoms with Crippen LogP contribution in [0.3, 0.4) is 0 Å². The summed E-state index contributed by atoms with van der Waals surface area (Å²) >= 11 is 62.3. The third-order valence-electron chi connectivity index (χ3n) is 4.17. The predicted octanol–water partition coefficient (Wildman–Crippen LogP) is 10.6. The van der Waals surface area contributed by atoms with Crippen LogP contribution in [0.4, 0.5) is 0 Å². The minimum Gasteiger partial charge on any atom is -0.481 e. The lowest BCUT2D eigenvalue weighted by Gasteiger charge is -2.16. The average Bonchev–Trinajstić information content (AvgIpc) is 2.73. The van der Waals surface area contributed by atoms with Crippen LogP contribution in [-0.2, 0) is 11.2 Å². The van der Waals surface area contributed by atoms with Crippen molar-refractivity contribution in [1.29, 1.82) is 0 Å². The number of halogens is 10. The number of carboxylic acids is 1. The Kier molecular flexibility index (Phi) is 8.54. The number of hydrogen-bond acceptors (Lipinski definition) is 2. The van der Waals surface area contributed by atoms with E-state index >= 15 is 0 Å². The molecule has 2 aromatic carbocycles. The first-order valence-electron chi connectivity index (χ1n) is 8.13. The Bertz CT molecular complexity index is 1150. The highest BCUT2D eigenvalue weighted by Gasteiger charge is 2.25. The molecule has 0 radical (unpaired) electrons. The van der Waals surface area contributed by atoms with Gasteiger partial charge in [0.05, 0.1) is 68.0 Å². The second-order valence-electron chi connectivity index (χ2n) is 6.21. The van der Waals surface area contributed by atoms with Gasteiger partial charge in [-0.2, -0.15) is 0 Å². The number of aliphatic carboxylic acids is 1. The zero-order chi connectivity index (χ0) is 24.1. The van der Waals surface area contributed by atoms with Crippen LogP contribution >= 0.6 is 116 Å². The maximum atomic E-state index is 11.4. The molecule has 168 valence electrons. The highest BCUT2D eigenvalue weighted by molar-refractivity contribution is 6.57. The molecule has 0 bridgehead atoms. The normalized spacial score (nSPS) is 11.2. The van der Waals surface area contributed by atoms with E-state index in [-0.39, 0.29) is 79.2 Å². The quantitative estimate of drug-likeness (QED) is 0.230. The van der Waals surface area contributed by atoms with E-state index in [1.165, 1.54) is 12.1 Å². The van der Waals surface area contributed by atoms with Crippen LogP contribution in [0.25, 0.3) is 22.5 Å². The standard InChI is InChI=1S/C19H5Cl10NO2/c20-10-8(11(21)15(25)18(28)14(10)24)5-1-4(3-7(31)32)2-6(30-5)9-12(22)16(26)19(29)17(27)13(9)23/h1-2H,3H2,(H,31,32). The molecule has 13 heteroatoms. The van der Waals surface area contributed by atoms with Gasteiger partial charge in [-0.05, 0) is 17.7 Å². The van der Waals surface area contributed by atoms with Gasteiger partial charge >= 0.3 is 5.97 Å². The van der Waals surface area contributed by atoms with Crippen molar-refractivity contribution in [3.63, 3.8) is 0 Å². The number of benzene rings is 2. The highest BCUT2D eigenvalue weighted by atomic mass is 35.5. The van der Waals surface area contributed by atoms with Crippen molar-refractivity contribution in [3.05, 3.63) is 67.9 Å². The number of rotatable bonds is 4. The minimum absolute atomic E-state index is 0.0404. The van der Waals surface area contributed by atoms with Crippen LogP contribution in [0.1, 0.15) is 5.56 Å². The number of hydrogen-bond donors (Lipinski definition) is 1. The van der Waals surface area contributed by atoms with E-state index in [0.717, 1.165) is 0 Å². The third-order valence-corrected chi connectivity index (χ3v) is 8.73. The molecular weight excluding hydrogens is 629 g/mol. The zero-order valence-corrected chi connectivity index (χ0v) is 22.5. The van der Waals surface area contributed by atoms with E-state index in [2.05, 4.69) is 4.98 Å². The summed E-state index contributed by atoms with van der Waals surface area (Å²) in [4.78, 5) is 15.9. The van der Waals surface area contributed by atoms with Crippen molar-refractivity contribution in [2.75, 3.05) is 0 Å². The molecule has 0 atom stereocenters. The Labute approximate surface area is 231 Å². The van der Waals surface area contributed by atoms with E-state index in [1.54, 1.807) is 0 Å². The fourth-order valence-electron chi connectivity index (χ4n) is 2.78. The Balaban J connectivity index is 2.42. The van der Waals surface area contributed by atoms with Gasteiger partial charge in [0.1, 0.15) is 0 Å². The molecule has 3 rings (SSSR count). The second kappa shape index (κ2) is 10.3. The first-order valence-corrected chi connectivity index (χ1v) is 11.9. The summed E-state index contributed by atoms with van der Waals surface area (Å²) in [5, 5.41) is 8.83. The first kappa shape index (κ1) is 26.6. The van der Waals surface area contributed by atoms with Crippen LogP contribution in [0.5, 0.6) is 0 Å². The van der Waals surface area contributed by atoms with E-state index < -0.39 is 5.97 Å². The molecule has 0 unspecified atom stereocenters. The van der Waals surface area contributed by atoms with Crippen molar-refractivity contribution in [2.45, 2.75) is 6.42 Å². The van der Waals surface area contributed by atoms with Gasteiger partial charge in [0.25, 0.3) is 0 Å². The maximum Gasteiger partial charge on any atom is 0.307 e. The SMILES string of the molecule is O=C(O)Cc1cc(-c2c(Cl)c(Cl)c(Cl)c(Cl)c2Cl)nc(-c2c(Cl)c(Cl)c(Cl)c(Cl)c2Cl)c1. The van der Waals surface area contributed by atoms with Crippen LogP contribution in [0.15, 0.2) is 12.1 Å². The van der Waals surface area contributed by atoms with Crippen molar-refractivity contribution in [1.82, 2.24) is 4.98 Å². The van der Waals surface area contributed by atoms with E-state index in [9.17, 15) is 9.90 Å². The lowest BCUT2D eigenvalue weighted by atomic mass is 10.0. The second-order valence-corrected chi connectivity index (χ2v) is 9.99. The van der Waals surface area contributed by atoms with Crippen LogP contribution in [0.2, 0.25) is 50.2 Å². The number of carboxylic acid groups (broad SMARTS) is 1. The van der Waals surface area contributed by atoms with Gasteiger partial charge in [-0.3, -0.25) is 4.79 Å². The Morgan fingerprint density at radius 1 is 0.594 bits per heavy atom. The molecule has 0 aliphatic rings. The molecule has 0 amide bonds. The van der Waals surface area contributed by atoms with Crippen molar-refractivity contribution in [3.8, 4) is 22.5 Å². The maximum absolute atomic E-state index is 11.4. The Morgan fingerprint density at radius 3 is 1.16 bits per heavy atom. The topological polar surface area (TPSA) is 50.2 Å². The van der Waals surface area contributed by atoms with Crippen molar-refractivity contribution in [2.24, 2.45) is 0 Å². The summed E-state index contributed by atoms with van der Waals surface area (Å²) < 4.78 is 0. The monoisotopic (exact) mass is 629 g/mol. The summed E-state index contributed by atoms with van der Waals surface area (Å²) in [6.45, 7) is 0. The molecule has 3 nitrogen and oxygen atoms in total. The van der Waals surface area contributed by atoms with E-state index in [1.807, 2.05) is 0 Å². The van der Waals surface area contributed by atoms with Crippen molar-refractivity contribution >= 4 is 122 Å². The average molecular weight is 634 g/mol. The summed E-state index contributed by atoms with van der Waals surface area (Å²) in [7, 11) is 0.